The van der Waals surface area contributed by atoms with Crippen molar-refractivity contribution in [2.75, 3.05) is 61.0 Å². The van der Waals surface area contributed by atoms with Crippen molar-refractivity contribution >= 4 is 108 Å². The first-order valence-corrected chi connectivity index (χ1v) is 31.8. The number of methoxy groups -OCH3 is 3. The van der Waals surface area contributed by atoms with E-state index in [-0.39, 0.29) is 41.6 Å². The molecule has 3 aromatic carbocycles. The largest absolute Gasteiger partial charge is 0.465 e. The summed E-state index contributed by atoms with van der Waals surface area (Å²) >= 11 is 5.78. The fraction of sp³-hybridized carbons (Fsp3) is 0.160. The molecule has 0 radical (unpaired) electrons. The van der Waals surface area contributed by atoms with Crippen molar-refractivity contribution < 1.29 is 28.6 Å². The second kappa shape index (κ2) is 37.1. The zero-order valence-electron chi connectivity index (χ0n) is 55.8. The maximum atomic E-state index is 11.5. The Balaban J connectivity index is 0.000000153. The summed E-state index contributed by atoms with van der Waals surface area (Å²) in [6, 6.07) is 50.3. The summed E-state index contributed by atoms with van der Waals surface area (Å²) in [6.45, 7) is 7.00. The number of nitrogens with one attached hydrogen (secondary N) is 4. The van der Waals surface area contributed by atoms with Gasteiger partial charge in [0.1, 0.15) is 39.5 Å². The van der Waals surface area contributed by atoms with E-state index in [0.29, 0.717) is 44.7 Å². The number of hydrogen-bond donors (Lipinski definition) is 8. The highest BCUT2D eigenvalue weighted by Crippen LogP contribution is 2.31. The van der Waals surface area contributed by atoms with Crippen molar-refractivity contribution in [1.29, 1.82) is 0 Å². The summed E-state index contributed by atoms with van der Waals surface area (Å²) < 4.78 is 14.0. The van der Waals surface area contributed by atoms with Gasteiger partial charge < -0.3 is 58.1 Å². The van der Waals surface area contributed by atoms with Gasteiger partial charge in [-0.05, 0) is 159 Å². The standard InChI is InChI=1S/C18H21N3O2.C18H17N3O2.C10H13NO2.C8H5ClN2.C8H7N3.C8H6N2O.C5H7N3/c2*1-12(13-5-7-15(8-6-13)18(22)23-2)21-17-16-14(9-11-20-17)4-3-10-19-16;1-7(11)8-3-5-9(6-4-8)10(12)13-2;2*9-8-7-6(3-5-11-8)2-1-4-10-7;11-8-7-6(3-5-10-8)2-1-4-9-7;6-4-2-1-3-8-5(4)7/h5-9,11-12,19H,3-4,10H2,1-2H3,(H,20,21);3-12H,1-2H3,(H,20,21);3-7H,11H2,1-2H3;1-5H;1-5H,(H2,9,11);1-5H,(H,10,11);1-3H,6H2,(H2,7,8)/t2*12-;7-;;;;/m000..../s1. The van der Waals surface area contributed by atoms with Gasteiger partial charge in [-0.15, -0.1) is 0 Å². The molecule has 0 saturated carbocycles. The minimum atomic E-state index is -0.336. The van der Waals surface area contributed by atoms with E-state index >= 15 is 0 Å². The number of pyridine rings is 10. The summed E-state index contributed by atoms with van der Waals surface area (Å²) in [4.78, 5) is 84.5. The minimum absolute atomic E-state index is 0.00769. The number of fused-ring (bicyclic) bond motifs is 5. The second-order valence-corrected chi connectivity index (χ2v) is 22.4. The zero-order valence-corrected chi connectivity index (χ0v) is 56.5. The number of anilines is 6. The smallest absolute Gasteiger partial charge is 0.337 e. The van der Waals surface area contributed by atoms with Gasteiger partial charge in [0, 0.05) is 96.1 Å². The molecule has 0 aliphatic carbocycles. The van der Waals surface area contributed by atoms with E-state index in [0.717, 1.165) is 91.5 Å². The van der Waals surface area contributed by atoms with Crippen molar-refractivity contribution in [2.24, 2.45) is 5.73 Å². The van der Waals surface area contributed by atoms with Crippen molar-refractivity contribution in [3.8, 4) is 0 Å². The molecule has 0 saturated heterocycles. The lowest BCUT2D eigenvalue weighted by Gasteiger charge is -2.23. The molecule has 11 heterocycles. The van der Waals surface area contributed by atoms with Gasteiger partial charge in [-0.1, -0.05) is 72.3 Å². The van der Waals surface area contributed by atoms with Gasteiger partial charge in [-0.3, -0.25) is 24.7 Å². The van der Waals surface area contributed by atoms with Crippen molar-refractivity contribution in [1.82, 2.24) is 49.8 Å². The van der Waals surface area contributed by atoms with Gasteiger partial charge >= 0.3 is 17.9 Å². The normalized spacial score (nSPS) is 11.7. The number of carbonyl (C=O) groups excluding carboxylic acids is 3. The van der Waals surface area contributed by atoms with Gasteiger partial charge in [0.15, 0.2) is 11.0 Å². The number of nitrogen functional groups attached to an aromatic ring is 3. The molecule has 0 unspecified atom stereocenters. The Morgan fingerprint density at radius 1 is 0.460 bits per heavy atom. The van der Waals surface area contributed by atoms with Crippen LogP contribution in [0, 0.1) is 0 Å². The van der Waals surface area contributed by atoms with E-state index in [1.807, 2.05) is 129 Å². The number of ether oxygens (including phenoxy) is 3. The molecule has 14 rings (SSSR count). The fourth-order valence-corrected chi connectivity index (χ4v) is 9.94. The maximum Gasteiger partial charge on any atom is 0.337 e. The van der Waals surface area contributed by atoms with Crippen LogP contribution in [0.25, 0.3) is 43.6 Å². The molecule has 0 fully saturated rings. The van der Waals surface area contributed by atoms with Crippen LogP contribution in [0.1, 0.15) is 98.6 Å². The number of aromatic nitrogens is 10. The first kappa shape index (κ1) is 73.3. The zero-order chi connectivity index (χ0) is 71.3. The fourth-order valence-electron chi connectivity index (χ4n) is 9.73. The highest BCUT2D eigenvalue weighted by Gasteiger charge is 2.17. The van der Waals surface area contributed by atoms with Crippen LogP contribution >= 0.6 is 11.6 Å². The Morgan fingerprint density at radius 3 is 1.37 bits per heavy atom. The second-order valence-electron chi connectivity index (χ2n) is 22.0. The molecule has 1 aliphatic rings. The molecule has 0 amide bonds. The number of nitrogens with two attached hydrogens (primary N) is 4. The van der Waals surface area contributed by atoms with Gasteiger partial charge in [0.25, 0.3) is 5.56 Å². The van der Waals surface area contributed by atoms with Gasteiger partial charge in [-0.25, -0.2) is 39.3 Å². The molecule has 100 heavy (non-hydrogen) atoms. The van der Waals surface area contributed by atoms with Crippen LogP contribution in [0.5, 0.6) is 0 Å². The average molecular weight is 1360 g/mol. The summed E-state index contributed by atoms with van der Waals surface area (Å²) in [5.41, 5.74) is 32.3. The number of aromatic amines is 1. The highest BCUT2D eigenvalue weighted by atomic mass is 35.5. The number of aryl methyl sites for hydroxylation is 1. The van der Waals surface area contributed by atoms with Crippen LogP contribution in [0.15, 0.2) is 231 Å². The SMILES string of the molecule is COC(=O)c1ccc([C@H](C)N)cc1.COC(=O)c1ccc([C@H](C)Nc2nccc3c2NCCC3)cc1.COC(=O)c1ccc([C@H](C)Nc2nccc3cccnc23)cc1.Clc1nccc2cccnc12.Nc1cccnc1N.Nc1nccc2cccnc12.O=c1[nH]ccc2cccnc12. The lowest BCUT2D eigenvalue weighted by molar-refractivity contribution is 0.0592. The van der Waals surface area contributed by atoms with E-state index < -0.39 is 0 Å². The first-order chi connectivity index (χ1) is 48.5. The number of hydrogen-bond acceptors (Lipinski definition) is 23. The number of halogens is 1. The third kappa shape index (κ3) is 20.7. The molecule has 0 spiro atoms. The van der Waals surface area contributed by atoms with E-state index in [9.17, 15) is 19.2 Å². The molecule has 0 bridgehead atoms. The van der Waals surface area contributed by atoms with E-state index in [1.165, 1.54) is 26.9 Å². The average Bonchev–Trinajstić information content (AvgIpc) is 0.830. The molecular formula is C75H76ClN17O7. The molecule has 12 N–H and O–H groups in total. The topological polar surface area (TPSA) is 368 Å². The van der Waals surface area contributed by atoms with Crippen LogP contribution in [-0.2, 0) is 20.6 Å². The van der Waals surface area contributed by atoms with Gasteiger partial charge in [0.2, 0.25) is 0 Å². The van der Waals surface area contributed by atoms with Crippen molar-refractivity contribution in [2.45, 2.75) is 51.7 Å². The predicted octanol–water partition coefficient (Wildman–Crippen LogP) is 13.1. The highest BCUT2D eigenvalue weighted by molar-refractivity contribution is 6.33. The maximum absolute atomic E-state index is 11.5. The third-order valence-electron chi connectivity index (χ3n) is 15.1. The van der Waals surface area contributed by atoms with Crippen LogP contribution in [-0.4, -0.2) is 95.6 Å². The number of rotatable bonds is 10. The Bertz CT molecular complexity index is 4760. The van der Waals surface area contributed by atoms with Gasteiger partial charge in [0.05, 0.1) is 61.5 Å². The third-order valence-corrected chi connectivity index (χ3v) is 15.4. The molecule has 1 aliphatic heterocycles. The minimum Gasteiger partial charge on any atom is -0.465 e. The number of esters is 3. The predicted molar refractivity (Wildman–Crippen MR) is 395 cm³/mol. The summed E-state index contributed by atoms with van der Waals surface area (Å²) in [5.74, 6) is 1.53. The molecule has 25 heteroatoms. The quantitative estimate of drug-likeness (QED) is 0.0358. The lowest BCUT2D eigenvalue weighted by atomic mass is 10.0. The Morgan fingerprint density at radius 2 is 0.880 bits per heavy atom. The number of H-pyrrole nitrogens is 1. The molecule has 13 aromatic rings. The molecule has 24 nitrogen and oxygen atoms in total. The number of benzene rings is 3. The summed E-state index contributed by atoms with van der Waals surface area (Å²) in [5, 5.41) is 14.7. The molecule has 510 valence electrons. The number of nitrogens with zero attached hydrogens (tertiary/aromatic N) is 9. The summed E-state index contributed by atoms with van der Waals surface area (Å²) in [6.07, 6.45) is 19.2. The van der Waals surface area contributed by atoms with Crippen LogP contribution in [0.3, 0.4) is 0 Å². The number of carbonyl (C=O) groups is 3. The first-order valence-electron chi connectivity index (χ1n) is 31.4. The Hall–Kier alpha value is -12.5. The Labute approximate surface area is 582 Å². The summed E-state index contributed by atoms with van der Waals surface area (Å²) in [7, 11) is 4.12. The van der Waals surface area contributed by atoms with Crippen LogP contribution in [0.4, 0.5) is 34.6 Å². The van der Waals surface area contributed by atoms with Crippen LogP contribution in [0.2, 0.25) is 5.15 Å². The van der Waals surface area contributed by atoms with Gasteiger partial charge in [-0.2, -0.15) is 0 Å². The van der Waals surface area contributed by atoms with E-state index in [1.54, 1.807) is 104 Å². The molecule has 10 aromatic heterocycles. The molecule has 3 atom stereocenters. The van der Waals surface area contributed by atoms with Crippen molar-refractivity contribution in [3.05, 3.63) is 280 Å². The Kier molecular flexibility index (Phi) is 27.2. The monoisotopic (exact) mass is 1360 g/mol. The molecular weight excluding hydrogens is 1290 g/mol. The van der Waals surface area contributed by atoms with Crippen molar-refractivity contribution in [3.63, 3.8) is 0 Å². The lowest BCUT2D eigenvalue weighted by Crippen LogP contribution is -2.16. The van der Waals surface area contributed by atoms with Crippen LogP contribution < -0.4 is 44.4 Å². The van der Waals surface area contributed by atoms with E-state index in [4.69, 9.17) is 44.0 Å². The van der Waals surface area contributed by atoms with E-state index in [2.05, 4.69) is 83.5 Å².